The first-order valence-corrected chi connectivity index (χ1v) is 16.3. The summed E-state index contributed by atoms with van der Waals surface area (Å²) in [6.07, 6.45) is 5.23. The molecule has 4 heterocycles. The molecule has 10 nitrogen and oxygen atoms in total. The zero-order chi connectivity index (χ0) is 27.2. The number of carbonyl (C=O) groups excluding carboxylic acids is 1. The van der Waals surface area contributed by atoms with Crippen molar-refractivity contribution in [2.45, 2.75) is 31.3 Å². The van der Waals surface area contributed by atoms with Crippen LogP contribution in [0.15, 0.2) is 60.9 Å². The van der Waals surface area contributed by atoms with Crippen molar-refractivity contribution in [3.05, 3.63) is 64.5 Å². The van der Waals surface area contributed by atoms with E-state index >= 15 is 0 Å². The van der Waals surface area contributed by atoms with Crippen LogP contribution in [0.25, 0.3) is 0 Å². The van der Waals surface area contributed by atoms with E-state index in [9.17, 15) is 4.79 Å². The van der Waals surface area contributed by atoms with Crippen LogP contribution in [0.2, 0.25) is 0 Å². The number of hydrogen-bond acceptors (Lipinski definition) is 9. The number of carbonyl (C=O) groups is 1. The molecule has 3 aromatic rings. The monoisotopic (exact) mass is 659 g/mol. The van der Waals surface area contributed by atoms with Gasteiger partial charge in [0.1, 0.15) is 19.3 Å². The Labute approximate surface area is 245 Å². The van der Waals surface area contributed by atoms with Gasteiger partial charge in [0.2, 0.25) is 0 Å². The predicted octanol–water partition coefficient (Wildman–Crippen LogP) is -0.756. The Balaban J connectivity index is 0.999. The summed E-state index contributed by atoms with van der Waals surface area (Å²) in [5.41, 5.74) is 2.43. The van der Waals surface area contributed by atoms with Crippen LogP contribution in [0.5, 0.6) is 5.75 Å². The van der Waals surface area contributed by atoms with Gasteiger partial charge in [-0.3, -0.25) is 0 Å². The number of piperidine rings is 1. The van der Waals surface area contributed by atoms with E-state index in [1.165, 1.54) is 11.4 Å². The van der Waals surface area contributed by atoms with E-state index in [0.29, 0.717) is 19.8 Å². The van der Waals surface area contributed by atoms with Gasteiger partial charge in [-0.15, -0.1) is 0 Å². The molecule has 2 unspecified atom stereocenters. The second-order valence-electron chi connectivity index (χ2n) is 10.4. The third kappa shape index (κ3) is 6.42. The van der Waals surface area contributed by atoms with Gasteiger partial charge >= 0.3 is 135 Å². The summed E-state index contributed by atoms with van der Waals surface area (Å²) in [7, 11) is 0. The minimum atomic E-state index is -0.722. The zero-order valence-electron chi connectivity index (χ0n) is 22.5. The molecular weight excluding hydrogens is 623 g/mol. The number of aromatic nitrogens is 3. The number of halogens is 1. The van der Waals surface area contributed by atoms with Gasteiger partial charge in [-0.2, -0.15) is 15.0 Å². The predicted molar refractivity (Wildman–Crippen MR) is 147 cm³/mol. The molecule has 1 aromatic heterocycles. The van der Waals surface area contributed by atoms with Gasteiger partial charge in [0.05, 0.1) is 19.0 Å². The average Bonchev–Trinajstić information content (AvgIpc) is 3.68. The molecule has 0 amide bonds. The van der Waals surface area contributed by atoms with Crippen LogP contribution in [0.3, 0.4) is 0 Å². The maximum absolute atomic E-state index is 10.8. The number of rotatable bonds is 10. The Hall–Kier alpha value is -2.74. The van der Waals surface area contributed by atoms with Crippen LogP contribution in [-0.2, 0) is 20.8 Å². The van der Waals surface area contributed by atoms with E-state index in [4.69, 9.17) is 14.2 Å². The van der Waals surface area contributed by atoms with Crippen LogP contribution >= 0.6 is 0 Å². The molecule has 40 heavy (non-hydrogen) atoms. The third-order valence-corrected chi connectivity index (χ3v) is 9.64. The first kappa shape index (κ1) is 27.4. The van der Waals surface area contributed by atoms with Crippen LogP contribution in [-0.4, -0.2) is 83.7 Å². The Morgan fingerprint density at radius 2 is 1.57 bits per heavy atom. The van der Waals surface area contributed by atoms with Crippen LogP contribution in [0, 0.1) is 9.49 Å². The maximum atomic E-state index is 10.8. The van der Waals surface area contributed by atoms with Crippen molar-refractivity contribution in [1.29, 1.82) is 0 Å². The molecule has 1 N–H and O–H groups in total. The summed E-state index contributed by atoms with van der Waals surface area (Å²) in [5, 5.41) is 12.0. The normalized spacial score (nSPS) is 23.9. The van der Waals surface area contributed by atoms with Gasteiger partial charge < -0.3 is 19.5 Å². The van der Waals surface area contributed by atoms with E-state index in [1.807, 2.05) is 12.1 Å². The van der Waals surface area contributed by atoms with E-state index in [1.54, 1.807) is 17.2 Å². The molecule has 3 aliphatic heterocycles. The van der Waals surface area contributed by atoms with Gasteiger partial charge in [-0.05, 0) is 25.9 Å². The topological polar surface area (TPSA) is 94.0 Å². The summed E-state index contributed by atoms with van der Waals surface area (Å²) in [6, 6.07) is 16.8. The molecule has 0 bridgehead atoms. The SMILES string of the molecule is O=C[I-]c1ccc(N2CCN(c3ccc(OCC4COC(Cn5nccn5)(C5CCNCC5)O4)cc3)CC2)cc1. The fourth-order valence-electron chi connectivity index (χ4n) is 5.82. The van der Waals surface area contributed by atoms with Gasteiger partial charge in [0.15, 0.2) is 5.79 Å². The van der Waals surface area contributed by atoms with Crippen molar-refractivity contribution in [3.8, 4) is 5.75 Å². The van der Waals surface area contributed by atoms with E-state index < -0.39 is 27.0 Å². The summed E-state index contributed by atoms with van der Waals surface area (Å²) in [4.78, 5) is 17.3. The number of nitrogens with one attached hydrogen (secondary N) is 1. The van der Waals surface area contributed by atoms with Crippen molar-refractivity contribution >= 4 is 15.7 Å². The average molecular weight is 660 g/mol. The summed E-state index contributed by atoms with van der Waals surface area (Å²) >= 11 is -0.503. The molecule has 0 saturated carbocycles. The second kappa shape index (κ2) is 12.8. The molecule has 2 aromatic carbocycles. The fourth-order valence-corrected chi connectivity index (χ4v) is 6.89. The molecule has 214 valence electrons. The molecule has 0 aliphatic carbocycles. The zero-order valence-corrected chi connectivity index (χ0v) is 24.7. The molecule has 2 atom stereocenters. The third-order valence-electron chi connectivity index (χ3n) is 7.95. The Bertz CT molecular complexity index is 1210. The van der Waals surface area contributed by atoms with Crippen LogP contribution < -0.4 is 41.1 Å². The second-order valence-corrected chi connectivity index (χ2v) is 12.8. The Morgan fingerprint density at radius 1 is 0.950 bits per heavy atom. The first-order valence-electron chi connectivity index (χ1n) is 14.0. The Morgan fingerprint density at radius 3 is 2.20 bits per heavy atom. The number of nitrogens with zero attached hydrogens (tertiary/aromatic N) is 5. The van der Waals surface area contributed by atoms with Gasteiger partial charge in [-0.1, -0.05) is 0 Å². The van der Waals surface area contributed by atoms with Crippen molar-refractivity contribution in [2.75, 3.05) is 62.3 Å². The summed E-state index contributed by atoms with van der Waals surface area (Å²) < 4.78 is 21.3. The molecular formula is C29H36IN6O4-. The fraction of sp³-hybridized carbons (Fsp3) is 0.483. The van der Waals surface area contributed by atoms with E-state index in [-0.39, 0.29) is 12.0 Å². The van der Waals surface area contributed by atoms with Gasteiger partial charge in [-0.25, -0.2) is 0 Å². The first-order chi connectivity index (χ1) is 19.7. The van der Waals surface area contributed by atoms with Gasteiger partial charge in [0, 0.05) is 5.92 Å². The van der Waals surface area contributed by atoms with Crippen molar-refractivity contribution < 1.29 is 40.2 Å². The molecule has 6 rings (SSSR count). The van der Waals surface area contributed by atoms with Gasteiger partial charge in [0.25, 0.3) is 0 Å². The quantitative estimate of drug-likeness (QED) is 0.172. The van der Waals surface area contributed by atoms with Crippen LogP contribution in [0.4, 0.5) is 11.4 Å². The van der Waals surface area contributed by atoms with Crippen molar-refractivity contribution in [1.82, 2.24) is 20.3 Å². The minimum absolute atomic E-state index is 0.146. The number of anilines is 2. The molecule has 3 saturated heterocycles. The Kier molecular flexibility index (Phi) is 8.80. The number of ether oxygens (including phenoxy) is 3. The van der Waals surface area contributed by atoms with Crippen molar-refractivity contribution in [3.63, 3.8) is 0 Å². The number of benzene rings is 2. The van der Waals surface area contributed by atoms with Crippen LogP contribution in [0.1, 0.15) is 12.8 Å². The van der Waals surface area contributed by atoms with E-state index in [0.717, 1.165) is 65.7 Å². The number of piperazine rings is 1. The number of hydrogen-bond donors (Lipinski definition) is 1. The van der Waals surface area contributed by atoms with E-state index in [2.05, 4.69) is 61.7 Å². The summed E-state index contributed by atoms with van der Waals surface area (Å²) in [5.74, 6) is 0.394. The van der Waals surface area contributed by atoms with Crippen molar-refractivity contribution in [2.24, 2.45) is 5.92 Å². The standard InChI is InChI=1S/C29H36IN6O4/c37-22-30-24-1-3-25(4-2-24)34-15-17-35(18-16-34)26-5-7-27(8-6-26)38-19-28-20-39-29(40-28,21-36-32-13-14-33-36)23-9-11-31-12-10-23/h1-8,13-14,22-23,28,31H,9-12,15-21H2/q-1. The molecule has 0 spiro atoms. The molecule has 0 radical (unpaired) electrons. The molecule has 3 fully saturated rings. The molecule has 11 heteroatoms. The molecule has 3 aliphatic rings. The summed E-state index contributed by atoms with van der Waals surface area (Å²) in [6.45, 7) is 7.18.